The van der Waals surface area contributed by atoms with Crippen LogP contribution in [0.15, 0.2) is 0 Å². The van der Waals surface area contributed by atoms with Gasteiger partial charge in [0.1, 0.15) is 0 Å². The van der Waals surface area contributed by atoms with Gasteiger partial charge in [-0.25, -0.2) is 0 Å². The van der Waals surface area contributed by atoms with E-state index in [9.17, 15) is 0 Å². The summed E-state index contributed by atoms with van der Waals surface area (Å²) < 4.78 is 1.12. The van der Waals surface area contributed by atoms with E-state index in [0.29, 0.717) is 0 Å². The number of hydrogen-bond acceptors (Lipinski definition) is 1. The van der Waals surface area contributed by atoms with E-state index in [-0.39, 0.29) is 23.1 Å². The summed E-state index contributed by atoms with van der Waals surface area (Å²) in [5.74, 6) is 0. The Morgan fingerprint density at radius 3 is 1.15 bits per heavy atom. The lowest BCUT2D eigenvalue weighted by atomic mass is 10.1. The molecule has 0 aliphatic heterocycles. The quantitative estimate of drug-likeness (QED) is 0.401. The molecule has 0 spiro atoms. The van der Waals surface area contributed by atoms with Gasteiger partial charge in [-0.15, -0.1) is 0 Å². The van der Waals surface area contributed by atoms with Crippen molar-refractivity contribution in [3.05, 3.63) is 0 Å². The number of hydrogen-bond donors (Lipinski definition) is 1. The third-order valence-electron chi connectivity index (χ3n) is 3.68. The Morgan fingerprint density at radius 2 is 0.850 bits per heavy atom. The van der Waals surface area contributed by atoms with Crippen LogP contribution in [0.2, 0.25) is 0 Å². The fourth-order valence-corrected chi connectivity index (χ4v) is 2.43. The third-order valence-corrected chi connectivity index (χ3v) is 3.68. The maximum atomic E-state index is 2.29. The SMILES string of the molecule is CCCCCCCCCCCCCC[N+](C)(C)C.N.[Br-]. The van der Waals surface area contributed by atoms with Crippen molar-refractivity contribution in [2.75, 3.05) is 27.7 Å². The molecular weight excluding hydrogens is 312 g/mol. The Balaban J connectivity index is -0.00000144. The number of quaternary nitrogens is 1. The van der Waals surface area contributed by atoms with E-state index < -0.39 is 0 Å². The third kappa shape index (κ3) is 23.5. The molecule has 0 saturated heterocycles. The maximum Gasteiger partial charge on any atom is 0.0780 e. The van der Waals surface area contributed by atoms with Crippen LogP contribution >= 0.6 is 0 Å². The first-order chi connectivity index (χ1) is 8.56. The van der Waals surface area contributed by atoms with Crippen molar-refractivity contribution in [3.8, 4) is 0 Å². The highest BCUT2D eigenvalue weighted by atomic mass is 79.9. The van der Waals surface area contributed by atoms with Gasteiger partial charge in [0.05, 0.1) is 27.7 Å². The number of unbranched alkanes of at least 4 members (excludes halogenated alkanes) is 11. The second-order valence-corrected chi connectivity index (χ2v) is 6.90. The molecule has 126 valence electrons. The molecule has 3 N–H and O–H groups in total. The summed E-state index contributed by atoms with van der Waals surface area (Å²) in [6.07, 6.45) is 17.4. The standard InChI is InChI=1S/C17H38N.BrH.H3N/c1-5-6-7-8-9-10-11-12-13-14-15-16-17-18(2,3)4;;/h5-17H2,1-4H3;1H;1H3/q+1;;/p-1. The van der Waals surface area contributed by atoms with Crippen molar-refractivity contribution >= 4 is 0 Å². The number of nitrogens with zero attached hydrogens (tertiary/aromatic N) is 1. The van der Waals surface area contributed by atoms with Crippen LogP contribution < -0.4 is 23.1 Å². The van der Waals surface area contributed by atoms with E-state index in [0.717, 1.165) is 4.48 Å². The predicted molar refractivity (Wildman–Crippen MR) is 89.0 cm³/mol. The molecule has 0 aromatic carbocycles. The molecule has 2 nitrogen and oxygen atoms in total. The molecule has 0 atom stereocenters. The first-order valence-electron chi connectivity index (χ1n) is 8.36. The van der Waals surface area contributed by atoms with E-state index >= 15 is 0 Å². The lowest BCUT2D eigenvalue weighted by Crippen LogP contribution is -3.00. The summed E-state index contributed by atoms with van der Waals surface area (Å²) in [6, 6.07) is 0. The molecule has 0 unspecified atom stereocenters. The Kier molecular flexibility index (Phi) is 22.1. The molecule has 0 heterocycles. The topological polar surface area (TPSA) is 35.0 Å². The summed E-state index contributed by atoms with van der Waals surface area (Å²) in [7, 11) is 6.87. The molecule has 20 heavy (non-hydrogen) atoms. The minimum Gasteiger partial charge on any atom is -1.00 e. The van der Waals surface area contributed by atoms with Gasteiger partial charge >= 0.3 is 0 Å². The second-order valence-electron chi connectivity index (χ2n) is 6.90. The molecule has 0 bridgehead atoms. The van der Waals surface area contributed by atoms with Crippen molar-refractivity contribution < 1.29 is 21.5 Å². The van der Waals surface area contributed by atoms with Gasteiger partial charge in [0, 0.05) is 0 Å². The van der Waals surface area contributed by atoms with Crippen LogP contribution in [0.1, 0.15) is 84.0 Å². The van der Waals surface area contributed by atoms with Gasteiger partial charge in [-0.05, 0) is 12.8 Å². The van der Waals surface area contributed by atoms with Crippen molar-refractivity contribution in [1.82, 2.24) is 6.15 Å². The van der Waals surface area contributed by atoms with Crippen LogP contribution in [-0.4, -0.2) is 32.2 Å². The van der Waals surface area contributed by atoms with Gasteiger partial charge in [-0.2, -0.15) is 0 Å². The predicted octanol–water partition coefficient (Wildman–Crippen LogP) is 2.56. The smallest absolute Gasteiger partial charge is 0.0780 e. The van der Waals surface area contributed by atoms with Crippen molar-refractivity contribution in [3.63, 3.8) is 0 Å². The Labute approximate surface area is 139 Å². The van der Waals surface area contributed by atoms with Gasteiger partial charge in [0.2, 0.25) is 0 Å². The zero-order chi connectivity index (χ0) is 13.7. The molecule has 0 amide bonds. The molecule has 0 radical (unpaired) electrons. The van der Waals surface area contributed by atoms with Crippen molar-refractivity contribution in [2.24, 2.45) is 0 Å². The molecule has 0 saturated carbocycles. The van der Waals surface area contributed by atoms with Gasteiger partial charge in [0.15, 0.2) is 0 Å². The zero-order valence-electron chi connectivity index (χ0n) is 14.7. The summed E-state index contributed by atoms with van der Waals surface area (Å²) in [5.41, 5.74) is 0. The first kappa shape index (κ1) is 25.4. The molecular formula is C17H41BrN2. The van der Waals surface area contributed by atoms with Gasteiger partial charge < -0.3 is 27.6 Å². The van der Waals surface area contributed by atoms with Crippen LogP contribution in [0.4, 0.5) is 0 Å². The molecule has 0 aliphatic carbocycles. The molecule has 0 rings (SSSR count). The monoisotopic (exact) mass is 352 g/mol. The average Bonchev–Trinajstić information content (AvgIpc) is 2.29. The minimum atomic E-state index is 0. The molecule has 3 heteroatoms. The maximum absolute atomic E-state index is 2.29. The highest BCUT2D eigenvalue weighted by molar-refractivity contribution is 4.48. The second kappa shape index (κ2) is 17.5. The van der Waals surface area contributed by atoms with Crippen LogP contribution in [0.3, 0.4) is 0 Å². The van der Waals surface area contributed by atoms with Crippen molar-refractivity contribution in [2.45, 2.75) is 84.0 Å². The highest BCUT2D eigenvalue weighted by Gasteiger charge is 2.04. The fraction of sp³-hybridized carbons (Fsp3) is 1.00. The minimum absolute atomic E-state index is 0. The summed E-state index contributed by atoms with van der Waals surface area (Å²) >= 11 is 0. The van der Waals surface area contributed by atoms with Gasteiger partial charge in [-0.1, -0.05) is 71.1 Å². The average molecular weight is 353 g/mol. The molecule has 0 aromatic rings. The van der Waals surface area contributed by atoms with E-state index in [1.165, 1.54) is 83.6 Å². The molecule has 0 aromatic heterocycles. The first-order valence-corrected chi connectivity index (χ1v) is 8.36. The lowest BCUT2D eigenvalue weighted by molar-refractivity contribution is -0.870. The van der Waals surface area contributed by atoms with Gasteiger partial charge in [0.25, 0.3) is 0 Å². The Hall–Kier alpha value is 0.400. The summed E-state index contributed by atoms with van der Waals surface area (Å²) in [6.45, 7) is 3.62. The number of rotatable bonds is 13. The van der Waals surface area contributed by atoms with E-state index in [1.54, 1.807) is 0 Å². The van der Waals surface area contributed by atoms with E-state index in [4.69, 9.17) is 0 Å². The Morgan fingerprint density at radius 1 is 0.550 bits per heavy atom. The van der Waals surface area contributed by atoms with Crippen molar-refractivity contribution in [1.29, 1.82) is 0 Å². The Bertz CT molecular complexity index is 167. The van der Waals surface area contributed by atoms with Crippen LogP contribution in [0.25, 0.3) is 0 Å². The highest BCUT2D eigenvalue weighted by Crippen LogP contribution is 2.12. The van der Waals surface area contributed by atoms with E-state index in [2.05, 4.69) is 28.1 Å². The normalized spacial score (nSPS) is 10.8. The zero-order valence-corrected chi connectivity index (χ0v) is 16.3. The van der Waals surface area contributed by atoms with Crippen LogP contribution in [0, 0.1) is 0 Å². The fourth-order valence-electron chi connectivity index (χ4n) is 2.43. The lowest BCUT2D eigenvalue weighted by Gasteiger charge is -2.23. The molecule has 0 aliphatic rings. The van der Waals surface area contributed by atoms with Crippen LogP contribution in [0.5, 0.6) is 0 Å². The largest absolute Gasteiger partial charge is 1.00 e. The summed E-state index contributed by atoms with van der Waals surface area (Å²) in [5, 5.41) is 0. The van der Waals surface area contributed by atoms with Crippen LogP contribution in [-0.2, 0) is 0 Å². The summed E-state index contributed by atoms with van der Waals surface area (Å²) in [4.78, 5) is 0. The molecule has 0 fully saturated rings. The van der Waals surface area contributed by atoms with Gasteiger partial charge in [-0.3, -0.25) is 0 Å². The number of halogens is 1. The van der Waals surface area contributed by atoms with E-state index in [1.807, 2.05) is 0 Å².